The van der Waals surface area contributed by atoms with Gasteiger partial charge in [-0.2, -0.15) is 4.39 Å². The second-order valence-electron chi connectivity index (χ2n) is 3.83. The summed E-state index contributed by atoms with van der Waals surface area (Å²) in [5.74, 6) is -1.59. The van der Waals surface area contributed by atoms with Crippen molar-refractivity contribution in [2.45, 2.75) is 58.8 Å². The van der Waals surface area contributed by atoms with Gasteiger partial charge in [-0.3, -0.25) is 0 Å². The Labute approximate surface area is 97.9 Å². The quantitative estimate of drug-likeness (QED) is 0.338. The average Bonchev–Trinajstić information content (AvgIpc) is 2.28. The molecular formula is C13H23FO2. The number of carbonyl (C=O) groups excluding carboxylic acids is 1. The molecule has 0 bridgehead atoms. The van der Waals surface area contributed by atoms with Crippen LogP contribution in [0.5, 0.6) is 0 Å². The van der Waals surface area contributed by atoms with Gasteiger partial charge in [0, 0.05) is 0 Å². The van der Waals surface area contributed by atoms with Gasteiger partial charge in [0.15, 0.2) is 0 Å². The Morgan fingerprint density at radius 3 is 2.38 bits per heavy atom. The molecule has 0 aromatic rings. The highest BCUT2D eigenvalue weighted by Crippen LogP contribution is 2.09. The highest BCUT2D eigenvalue weighted by atomic mass is 19.1. The monoisotopic (exact) mass is 230 g/mol. The second kappa shape index (κ2) is 10.7. The minimum absolute atomic E-state index is 0.219. The zero-order valence-electron chi connectivity index (χ0n) is 10.4. The van der Waals surface area contributed by atoms with E-state index in [0.717, 1.165) is 12.8 Å². The van der Waals surface area contributed by atoms with Crippen molar-refractivity contribution < 1.29 is 13.9 Å². The summed E-state index contributed by atoms with van der Waals surface area (Å²) in [6.07, 6.45) is 8.95. The number of ether oxygens (including phenoxy) is 1. The van der Waals surface area contributed by atoms with Crippen molar-refractivity contribution in [1.82, 2.24) is 0 Å². The number of hydrogen-bond donors (Lipinski definition) is 0. The van der Waals surface area contributed by atoms with Gasteiger partial charge < -0.3 is 4.74 Å². The zero-order chi connectivity index (χ0) is 12.2. The predicted octanol–water partition coefficient (Wildman–Crippen LogP) is 4.15. The zero-order valence-corrected chi connectivity index (χ0v) is 10.4. The van der Waals surface area contributed by atoms with Crippen LogP contribution in [-0.4, -0.2) is 12.6 Å². The maximum atomic E-state index is 13.0. The first kappa shape index (κ1) is 15.1. The molecule has 0 unspecified atom stereocenters. The van der Waals surface area contributed by atoms with Gasteiger partial charge in [0.25, 0.3) is 0 Å². The molecular weight excluding hydrogens is 207 g/mol. The van der Waals surface area contributed by atoms with Crippen molar-refractivity contribution >= 4 is 5.97 Å². The van der Waals surface area contributed by atoms with E-state index in [1.54, 1.807) is 6.92 Å². The molecule has 94 valence electrons. The van der Waals surface area contributed by atoms with E-state index in [2.05, 4.69) is 11.7 Å². The first-order valence-electron chi connectivity index (χ1n) is 6.25. The molecule has 0 aliphatic rings. The molecule has 0 radical (unpaired) electrons. The van der Waals surface area contributed by atoms with Crippen LogP contribution >= 0.6 is 0 Å². The number of carbonyl (C=O) groups is 1. The van der Waals surface area contributed by atoms with E-state index in [1.807, 2.05) is 0 Å². The summed E-state index contributed by atoms with van der Waals surface area (Å²) in [6, 6.07) is 0. The lowest BCUT2D eigenvalue weighted by Gasteiger charge is -1.99. The largest absolute Gasteiger partial charge is 0.461 e. The Balaban J connectivity index is 3.47. The lowest BCUT2D eigenvalue weighted by molar-refractivity contribution is -0.140. The SMILES string of the molecule is CCCCCCCC/C=C(/F)C(=O)OCC. The van der Waals surface area contributed by atoms with Crippen LogP contribution in [0.15, 0.2) is 11.9 Å². The molecule has 0 atom stereocenters. The number of rotatable bonds is 9. The van der Waals surface area contributed by atoms with E-state index in [9.17, 15) is 9.18 Å². The normalized spacial score (nSPS) is 11.6. The molecule has 3 heteroatoms. The van der Waals surface area contributed by atoms with Crippen LogP contribution in [-0.2, 0) is 9.53 Å². The third kappa shape index (κ3) is 8.45. The molecule has 0 aromatic carbocycles. The Kier molecular flexibility index (Phi) is 10.1. The maximum Gasteiger partial charge on any atom is 0.366 e. The summed E-state index contributed by atoms with van der Waals surface area (Å²) in [5.41, 5.74) is 0. The van der Waals surface area contributed by atoms with Crippen LogP contribution in [0.25, 0.3) is 0 Å². The van der Waals surface area contributed by atoms with Crippen LogP contribution in [0, 0.1) is 0 Å². The van der Waals surface area contributed by atoms with Crippen molar-refractivity contribution in [2.24, 2.45) is 0 Å². The average molecular weight is 230 g/mol. The molecule has 0 rings (SSSR count). The molecule has 0 saturated carbocycles. The fraction of sp³-hybridized carbons (Fsp3) is 0.769. The highest BCUT2D eigenvalue weighted by molar-refractivity contribution is 5.85. The summed E-state index contributed by atoms with van der Waals surface area (Å²) in [4.78, 5) is 10.9. The van der Waals surface area contributed by atoms with Crippen LogP contribution in [0.3, 0.4) is 0 Å². The molecule has 0 spiro atoms. The van der Waals surface area contributed by atoms with Gasteiger partial charge in [-0.1, -0.05) is 39.0 Å². The highest BCUT2D eigenvalue weighted by Gasteiger charge is 2.07. The van der Waals surface area contributed by atoms with Crippen molar-refractivity contribution in [1.29, 1.82) is 0 Å². The molecule has 0 heterocycles. The first-order valence-corrected chi connectivity index (χ1v) is 6.25. The maximum absolute atomic E-state index is 13.0. The van der Waals surface area contributed by atoms with Gasteiger partial charge in [0.1, 0.15) is 0 Å². The van der Waals surface area contributed by atoms with Gasteiger partial charge in [-0.25, -0.2) is 4.79 Å². The lowest BCUT2D eigenvalue weighted by atomic mass is 10.1. The molecule has 0 aromatic heterocycles. The Morgan fingerprint density at radius 1 is 1.12 bits per heavy atom. The molecule has 0 fully saturated rings. The number of unbranched alkanes of at least 4 members (excludes halogenated alkanes) is 6. The van der Waals surface area contributed by atoms with E-state index in [4.69, 9.17) is 0 Å². The van der Waals surface area contributed by atoms with E-state index in [1.165, 1.54) is 31.8 Å². The van der Waals surface area contributed by atoms with Crippen LogP contribution in [0.1, 0.15) is 58.8 Å². The van der Waals surface area contributed by atoms with Crippen LogP contribution in [0.2, 0.25) is 0 Å². The second-order valence-corrected chi connectivity index (χ2v) is 3.83. The van der Waals surface area contributed by atoms with Gasteiger partial charge in [0.2, 0.25) is 5.83 Å². The van der Waals surface area contributed by atoms with Crippen molar-refractivity contribution in [2.75, 3.05) is 6.61 Å². The number of allylic oxidation sites excluding steroid dienone is 1. The van der Waals surface area contributed by atoms with E-state index in [0.29, 0.717) is 6.42 Å². The van der Waals surface area contributed by atoms with E-state index < -0.39 is 11.8 Å². The summed E-state index contributed by atoms with van der Waals surface area (Å²) in [5, 5.41) is 0. The molecule has 0 amide bonds. The number of esters is 1. The Morgan fingerprint density at radius 2 is 1.75 bits per heavy atom. The smallest absolute Gasteiger partial charge is 0.366 e. The molecule has 2 nitrogen and oxygen atoms in total. The fourth-order valence-corrected chi connectivity index (χ4v) is 1.44. The summed E-state index contributed by atoms with van der Waals surface area (Å²) in [7, 11) is 0. The molecule has 0 saturated heterocycles. The van der Waals surface area contributed by atoms with Gasteiger partial charge in [-0.05, 0) is 25.8 Å². The third-order valence-corrected chi connectivity index (χ3v) is 2.35. The van der Waals surface area contributed by atoms with Gasteiger partial charge >= 0.3 is 5.97 Å². The standard InChI is InChI=1S/C13H23FO2/c1-3-5-6-7-8-9-10-11-12(14)13(15)16-4-2/h11H,3-10H2,1-2H3/b12-11+. The minimum atomic E-state index is -0.839. The fourth-order valence-electron chi connectivity index (χ4n) is 1.44. The van der Waals surface area contributed by atoms with Crippen LogP contribution in [0.4, 0.5) is 4.39 Å². The minimum Gasteiger partial charge on any atom is -0.461 e. The topological polar surface area (TPSA) is 26.3 Å². The molecule has 16 heavy (non-hydrogen) atoms. The first-order chi connectivity index (χ1) is 7.72. The van der Waals surface area contributed by atoms with Gasteiger partial charge in [0.05, 0.1) is 6.61 Å². The molecule has 0 aliphatic carbocycles. The van der Waals surface area contributed by atoms with Crippen molar-refractivity contribution in [3.63, 3.8) is 0 Å². The predicted molar refractivity (Wildman–Crippen MR) is 63.8 cm³/mol. The Bertz CT molecular complexity index is 212. The summed E-state index contributed by atoms with van der Waals surface area (Å²) in [6.45, 7) is 4.06. The molecule has 0 aliphatic heterocycles. The third-order valence-electron chi connectivity index (χ3n) is 2.35. The van der Waals surface area contributed by atoms with E-state index in [-0.39, 0.29) is 6.61 Å². The van der Waals surface area contributed by atoms with Crippen molar-refractivity contribution in [3.8, 4) is 0 Å². The van der Waals surface area contributed by atoms with Crippen LogP contribution < -0.4 is 0 Å². The Hall–Kier alpha value is -0.860. The van der Waals surface area contributed by atoms with Crippen molar-refractivity contribution in [3.05, 3.63) is 11.9 Å². The summed E-state index contributed by atoms with van der Waals surface area (Å²) < 4.78 is 17.5. The van der Waals surface area contributed by atoms with E-state index >= 15 is 0 Å². The lowest BCUT2D eigenvalue weighted by Crippen LogP contribution is -2.03. The molecule has 0 N–H and O–H groups in total. The van der Waals surface area contributed by atoms with Gasteiger partial charge in [-0.15, -0.1) is 0 Å². The summed E-state index contributed by atoms with van der Waals surface area (Å²) >= 11 is 0. The number of hydrogen-bond acceptors (Lipinski definition) is 2. The number of halogens is 1.